The predicted octanol–water partition coefficient (Wildman–Crippen LogP) is 2.78. The number of aryl methyl sites for hydroxylation is 1. The Balaban J connectivity index is 1.49. The summed E-state index contributed by atoms with van der Waals surface area (Å²) in [5.74, 6) is 0.372. The largest absolute Gasteiger partial charge is 0.487 e. The van der Waals surface area contributed by atoms with Gasteiger partial charge in [0.05, 0.1) is 17.1 Å². The van der Waals surface area contributed by atoms with E-state index in [9.17, 15) is 9.18 Å². The highest BCUT2D eigenvalue weighted by atomic mass is 32.1. The van der Waals surface area contributed by atoms with Crippen molar-refractivity contribution in [2.24, 2.45) is 0 Å². The van der Waals surface area contributed by atoms with Crippen LogP contribution in [-0.4, -0.2) is 33.5 Å². The summed E-state index contributed by atoms with van der Waals surface area (Å²) in [6, 6.07) is 4.52. The van der Waals surface area contributed by atoms with Crippen LogP contribution in [0.4, 0.5) is 4.39 Å². The quantitative estimate of drug-likeness (QED) is 0.764. The lowest BCUT2D eigenvalue weighted by Gasteiger charge is -2.12. The molecule has 4 rings (SSSR count). The van der Waals surface area contributed by atoms with Crippen molar-refractivity contribution in [3.05, 3.63) is 58.1 Å². The first kappa shape index (κ1) is 16.6. The second-order valence-corrected chi connectivity index (χ2v) is 6.98. The van der Waals surface area contributed by atoms with Crippen molar-refractivity contribution in [3.63, 3.8) is 0 Å². The Morgan fingerprint density at radius 2 is 2.19 bits per heavy atom. The summed E-state index contributed by atoms with van der Waals surface area (Å²) in [5, 5.41) is 5.37. The Bertz CT molecular complexity index is 961. The fourth-order valence-corrected chi connectivity index (χ4v) is 3.47. The fraction of sp³-hybridized carbons (Fsp3) is 0.222. The van der Waals surface area contributed by atoms with E-state index >= 15 is 0 Å². The van der Waals surface area contributed by atoms with Crippen LogP contribution in [0.3, 0.4) is 0 Å². The van der Waals surface area contributed by atoms with E-state index in [4.69, 9.17) is 4.74 Å². The Hall–Kier alpha value is -2.87. The maximum absolute atomic E-state index is 14.0. The van der Waals surface area contributed by atoms with E-state index in [0.717, 1.165) is 10.6 Å². The molecule has 8 heteroatoms. The average molecular weight is 370 g/mol. The number of fused-ring (bicyclic) bond motifs is 1. The molecule has 0 bridgehead atoms. The van der Waals surface area contributed by atoms with Gasteiger partial charge in [-0.25, -0.2) is 19.3 Å². The Kier molecular flexibility index (Phi) is 4.34. The summed E-state index contributed by atoms with van der Waals surface area (Å²) >= 11 is 1.42. The van der Waals surface area contributed by atoms with E-state index in [2.05, 4.69) is 20.3 Å². The van der Waals surface area contributed by atoms with Gasteiger partial charge in [0.1, 0.15) is 23.4 Å². The number of rotatable bonds is 4. The monoisotopic (exact) mass is 370 g/mol. The zero-order valence-corrected chi connectivity index (χ0v) is 14.7. The number of hydrogen-bond acceptors (Lipinski definition) is 6. The number of nitrogens with one attached hydrogen (secondary N) is 1. The van der Waals surface area contributed by atoms with E-state index in [1.54, 1.807) is 23.8 Å². The minimum Gasteiger partial charge on any atom is -0.487 e. The molecule has 2 aromatic heterocycles. The summed E-state index contributed by atoms with van der Waals surface area (Å²) in [6.45, 7) is 2.15. The van der Waals surface area contributed by atoms with Crippen molar-refractivity contribution >= 4 is 17.2 Å². The van der Waals surface area contributed by atoms with Crippen LogP contribution in [0, 0.1) is 12.7 Å². The number of nitrogens with zero attached hydrogens (tertiary/aromatic N) is 3. The van der Waals surface area contributed by atoms with E-state index < -0.39 is 0 Å². The molecule has 0 aliphatic carbocycles. The average Bonchev–Trinajstić information content (AvgIpc) is 3.25. The first-order valence-electron chi connectivity index (χ1n) is 8.07. The van der Waals surface area contributed by atoms with Gasteiger partial charge in [0.2, 0.25) is 0 Å². The lowest BCUT2D eigenvalue weighted by Crippen LogP contribution is -2.34. The topological polar surface area (TPSA) is 77.0 Å². The van der Waals surface area contributed by atoms with Crippen LogP contribution in [0.15, 0.2) is 36.0 Å². The number of carbonyl (C=O) groups is 1. The lowest BCUT2D eigenvalue weighted by molar-refractivity contribution is 0.0929. The van der Waals surface area contributed by atoms with Crippen LogP contribution in [0.25, 0.3) is 11.4 Å². The first-order valence-corrected chi connectivity index (χ1v) is 8.95. The first-order chi connectivity index (χ1) is 12.6. The predicted molar refractivity (Wildman–Crippen MR) is 94.7 cm³/mol. The maximum Gasteiger partial charge on any atom is 0.270 e. The van der Waals surface area contributed by atoms with Gasteiger partial charge >= 0.3 is 0 Å². The molecule has 1 aliphatic heterocycles. The zero-order chi connectivity index (χ0) is 18.1. The van der Waals surface area contributed by atoms with Crippen molar-refractivity contribution in [2.45, 2.75) is 19.4 Å². The van der Waals surface area contributed by atoms with Gasteiger partial charge in [-0.3, -0.25) is 4.79 Å². The van der Waals surface area contributed by atoms with Gasteiger partial charge in [-0.15, -0.1) is 11.3 Å². The van der Waals surface area contributed by atoms with E-state index in [-0.39, 0.29) is 17.8 Å². The van der Waals surface area contributed by atoms with Crippen LogP contribution in [0.1, 0.15) is 21.1 Å². The zero-order valence-electron chi connectivity index (χ0n) is 13.9. The van der Waals surface area contributed by atoms with Crippen LogP contribution in [0.5, 0.6) is 5.75 Å². The molecule has 1 aliphatic rings. The highest BCUT2D eigenvalue weighted by Gasteiger charge is 2.28. The molecule has 0 unspecified atom stereocenters. The molecule has 3 aromatic rings. The Morgan fingerprint density at radius 3 is 2.92 bits per heavy atom. The van der Waals surface area contributed by atoms with Gasteiger partial charge in [-0.05, 0) is 25.1 Å². The number of ether oxygens (including phenoxy) is 1. The van der Waals surface area contributed by atoms with Crippen LogP contribution in [-0.2, 0) is 6.42 Å². The third-order valence-electron chi connectivity index (χ3n) is 4.01. The lowest BCUT2D eigenvalue weighted by atomic mass is 10.1. The number of benzene rings is 1. The summed E-state index contributed by atoms with van der Waals surface area (Å²) in [5.41, 5.74) is 1.66. The van der Waals surface area contributed by atoms with E-state index in [1.807, 2.05) is 6.92 Å². The second-order valence-electron chi connectivity index (χ2n) is 5.92. The molecule has 132 valence electrons. The number of halogens is 1. The van der Waals surface area contributed by atoms with Crippen LogP contribution >= 0.6 is 11.3 Å². The molecule has 1 N–H and O–H groups in total. The van der Waals surface area contributed by atoms with Gasteiger partial charge in [0.25, 0.3) is 5.91 Å². The molecular weight excluding hydrogens is 355 g/mol. The molecular formula is C18H15FN4O2S. The maximum atomic E-state index is 14.0. The van der Waals surface area contributed by atoms with Gasteiger partial charge < -0.3 is 10.1 Å². The third kappa shape index (κ3) is 3.28. The van der Waals surface area contributed by atoms with Gasteiger partial charge in [0, 0.05) is 29.8 Å². The normalized spacial score (nSPS) is 15.4. The molecule has 1 atom stereocenters. The number of hydrogen-bond donors (Lipinski definition) is 1. The molecule has 0 radical (unpaired) electrons. The molecule has 0 saturated heterocycles. The van der Waals surface area contributed by atoms with Crippen molar-refractivity contribution in [2.75, 3.05) is 6.54 Å². The smallest absolute Gasteiger partial charge is 0.270 e. The van der Waals surface area contributed by atoms with Gasteiger partial charge in [-0.2, -0.15) is 0 Å². The van der Waals surface area contributed by atoms with E-state index in [1.165, 1.54) is 23.5 Å². The summed E-state index contributed by atoms with van der Waals surface area (Å²) < 4.78 is 19.9. The molecule has 1 aromatic carbocycles. The SMILES string of the molecule is Cc1nc(C(=O)NC[C@H]2Cc3cc(F)cc(-c4ncccn4)c3O2)cs1. The molecule has 0 fully saturated rings. The fourth-order valence-electron chi connectivity index (χ4n) is 2.88. The number of amides is 1. The molecule has 3 heterocycles. The molecule has 26 heavy (non-hydrogen) atoms. The van der Waals surface area contributed by atoms with E-state index in [0.29, 0.717) is 35.8 Å². The molecule has 1 amide bonds. The van der Waals surface area contributed by atoms with Gasteiger partial charge in [-0.1, -0.05) is 0 Å². The molecule has 6 nitrogen and oxygen atoms in total. The van der Waals surface area contributed by atoms with Crippen molar-refractivity contribution in [1.29, 1.82) is 0 Å². The van der Waals surface area contributed by atoms with Crippen molar-refractivity contribution < 1.29 is 13.9 Å². The summed E-state index contributed by atoms with van der Waals surface area (Å²) in [7, 11) is 0. The summed E-state index contributed by atoms with van der Waals surface area (Å²) in [6.07, 6.45) is 3.42. The van der Waals surface area contributed by atoms with Crippen molar-refractivity contribution in [1.82, 2.24) is 20.3 Å². The second kappa shape index (κ2) is 6.80. The standard InChI is InChI=1S/C18H15FN4O2S/c1-10-23-15(9-26-10)18(24)22-8-13-6-11-5-12(19)7-14(16(11)25-13)17-20-3-2-4-21-17/h2-5,7,9,13H,6,8H2,1H3,(H,22,24)/t13-/m1/s1. The van der Waals surface area contributed by atoms with Gasteiger partial charge in [0.15, 0.2) is 5.82 Å². The number of thiazole rings is 1. The number of aromatic nitrogens is 3. The number of carbonyl (C=O) groups excluding carboxylic acids is 1. The summed E-state index contributed by atoms with van der Waals surface area (Å²) in [4.78, 5) is 24.6. The Morgan fingerprint density at radius 1 is 1.38 bits per heavy atom. The van der Waals surface area contributed by atoms with Crippen LogP contribution in [0.2, 0.25) is 0 Å². The minimum atomic E-state index is -0.363. The minimum absolute atomic E-state index is 0.244. The van der Waals surface area contributed by atoms with Crippen LogP contribution < -0.4 is 10.1 Å². The highest BCUT2D eigenvalue weighted by Crippen LogP contribution is 2.38. The molecule has 0 spiro atoms. The highest BCUT2D eigenvalue weighted by molar-refractivity contribution is 7.09. The van der Waals surface area contributed by atoms with Crippen molar-refractivity contribution in [3.8, 4) is 17.1 Å². The third-order valence-corrected chi connectivity index (χ3v) is 4.78. The molecule has 0 saturated carbocycles. The Labute approximate surface area is 153 Å².